The molecular formula is C16H22FN3O3. The zero-order valence-corrected chi connectivity index (χ0v) is 13.3. The normalized spacial score (nSPS) is 19.2. The largest absolute Gasteiger partial charge is 0.465 e. The number of carbonyl (C=O) groups excluding carboxylic acids is 2. The van der Waals surface area contributed by atoms with Gasteiger partial charge in [0.25, 0.3) is 0 Å². The van der Waals surface area contributed by atoms with Crippen LogP contribution in [-0.2, 0) is 9.53 Å². The Balaban J connectivity index is 1.79. The lowest BCUT2D eigenvalue weighted by atomic mass is 10.2. The molecule has 0 saturated carbocycles. The minimum Gasteiger partial charge on any atom is -0.465 e. The van der Waals surface area contributed by atoms with Crippen molar-refractivity contribution >= 4 is 17.7 Å². The van der Waals surface area contributed by atoms with Gasteiger partial charge in [0.1, 0.15) is 11.9 Å². The van der Waals surface area contributed by atoms with E-state index >= 15 is 0 Å². The maximum Gasteiger partial charge on any atom is 0.323 e. The molecule has 1 aromatic carbocycles. The summed E-state index contributed by atoms with van der Waals surface area (Å²) in [5.74, 6) is -0.598. The van der Waals surface area contributed by atoms with Crippen molar-refractivity contribution in [3.63, 3.8) is 0 Å². The molecule has 0 spiro atoms. The fourth-order valence-electron chi connectivity index (χ4n) is 2.55. The molecule has 2 rings (SSSR count). The number of nitrogens with zero attached hydrogens (tertiary/aromatic N) is 1. The molecule has 7 heteroatoms. The zero-order chi connectivity index (χ0) is 16.8. The molecule has 1 aliphatic heterocycles. The summed E-state index contributed by atoms with van der Waals surface area (Å²) in [6.07, 6.45) is 0.764. The number of nitrogens with one attached hydrogen (secondary N) is 2. The van der Waals surface area contributed by atoms with Crippen molar-refractivity contribution in [1.29, 1.82) is 0 Å². The molecule has 0 aliphatic carbocycles. The Morgan fingerprint density at radius 3 is 2.74 bits per heavy atom. The molecule has 0 aromatic heterocycles. The summed E-state index contributed by atoms with van der Waals surface area (Å²) in [7, 11) is 0. The van der Waals surface area contributed by atoms with Crippen LogP contribution >= 0.6 is 0 Å². The van der Waals surface area contributed by atoms with Crippen LogP contribution in [0.1, 0.15) is 20.3 Å². The fraction of sp³-hybridized carbons (Fsp3) is 0.500. The number of benzene rings is 1. The van der Waals surface area contributed by atoms with Gasteiger partial charge >= 0.3 is 12.0 Å². The van der Waals surface area contributed by atoms with Gasteiger partial charge in [0.2, 0.25) is 0 Å². The molecule has 0 unspecified atom stereocenters. The summed E-state index contributed by atoms with van der Waals surface area (Å²) in [6.45, 7) is 5.26. The molecule has 2 atom stereocenters. The summed E-state index contributed by atoms with van der Waals surface area (Å²) in [6, 6.07) is 4.88. The molecule has 0 bridgehead atoms. The van der Waals surface area contributed by atoms with E-state index in [-0.39, 0.29) is 29.9 Å². The van der Waals surface area contributed by atoms with E-state index in [1.807, 2.05) is 4.90 Å². The van der Waals surface area contributed by atoms with Crippen molar-refractivity contribution in [3.05, 3.63) is 30.1 Å². The first-order valence-electron chi connectivity index (χ1n) is 7.73. The van der Waals surface area contributed by atoms with Crippen LogP contribution < -0.4 is 10.6 Å². The molecule has 2 N–H and O–H groups in total. The average Bonchev–Trinajstić information content (AvgIpc) is 2.97. The van der Waals surface area contributed by atoms with Crippen LogP contribution in [0.25, 0.3) is 0 Å². The highest BCUT2D eigenvalue weighted by Crippen LogP contribution is 2.14. The maximum atomic E-state index is 12.8. The lowest BCUT2D eigenvalue weighted by molar-refractivity contribution is -0.148. The number of likely N-dealkylation sites (tertiary alicyclic amines) is 1. The predicted octanol–water partition coefficient (Wildman–Crippen LogP) is 1.97. The topological polar surface area (TPSA) is 70.7 Å². The summed E-state index contributed by atoms with van der Waals surface area (Å²) in [5.41, 5.74) is 0.527. The van der Waals surface area contributed by atoms with E-state index in [1.54, 1.807) is 13.8 Å². The molecular weight excluding hydrogens is 301 g/mol. The Hall–Kier alpha value is -2.15. The summed E-state index contributed by atoms with van der Waals surface area (Å²) < 4.78 is 17.8. The molecule has 0 radical (unpaired) electrons. The first kappa shape index (κ1) is 17.2. The van der Waals surface area contributed by atoms with Crippen LogP contribution in [0.15, 0.2) is 24.3 Å². The standard InChI is InChI=1S/C16H22FN3O3/c1-3-23-15(21)11(2)20-9-8-14(10-20)19-16(22)18-13-6-4-12(17)5-7-13/h4-7,11,14H,3,8-10H2,1-2H3,(H2,18,19,22)/t11-,14+/m1/s1. The summed E-state index contributed by atoms with van der Waals surface area (Å²) in [5, 5.41) is 5.52. The lowest BCUT2D eigenvalue weighted by Gasteiger charge is -2.22. The number of halogens is 1. The second kappa shape index (κ2) is 7.92. The van der Waals surface area contributed by atoms with Gasteiger partial charge in [0.15, 0.2) is 0 Å². The van der Waals surface area contributed by atoms with Gasteiger partial charge in [-0.1, -0.05) is 0 Å². The third-order valence-electron chi connectivity index (χ3n) is 3.83. The van der Waals surface area contributed by atoms with Gasteiger partial charge < -0.3 is 15.4 Å². The van der Waals surface area contributed by atoms with Gasteiger partial charge in [-0.2, -0.15) is 0 Å². The maximum absolute atomic E-state index is 12.8. The number of ether oxygens (including phenoxy) is 1. The van der Waals surface area contributed by atoms with E-state index in [4.69, 9.17) is 4.74 Å². The molecule has 1 heterocycles. The highest BCUT2D eigenvalue weighted by atomic mass is 19.1. The van der Waals surface area contributed by atoms with E-state index in [2.05, 4.69) is 10.6 Å². The van der Waals surface area contributed by atoms with Crippen LogP contribution in [0.2, 0.25) is 0 Å². The van der Waals surface area contributed by atoms with E-state index < -0.39 is 0 Å². The molecule has 1 aliphatic rings. The molecule has 23 heavy (non-hydrogen) atoms. The van der Waals surface area contributed by atoms with Crippen molar-refractivity contribution in [2.24, 2.45) is 0 Å². The van der Waals surface area contributed by atoms with E-state index in [0.29, 0.717) is 18.8 Å². The number of hydrogen-bond acceptors (Lipinski definition) is 4. The highest BCUT2D eigenvalue weighted by Gasteiger charge is 2.31. The predicted molar refractivity (Wildman–Crippen MR) is 84.6 cm³/mol. The number of anilines is 1. The van der Waals surface area contributed by atoms with Crippen molar-refractivity contribution in [1.82, 2.24) is 10.2 Å². The van der Waals surface area contributed by atoms with Crippen LogP contribution in [-0.4, -0.2) is 48.7 Å². The SMILES string of the molecule is CCOC(=O)[C@@H](C)N1CC[C@H](NC(=O)Nc2ccc(F)cc2)C1. The van der Waals surface area contributed by atoms with Crippen LogP contribution in [0.5, 0.6) is 0 Å². The second-order valence-electron chi connectivity index (χ2n) is 5.51. The molecule has 1 saturated heterocycles. The van der Waals surface area contributed by atoms with Gasteiger partial charge in [-0.3, -0.25) is 9.69 Å². The Labute approximate surface area is 135 Å². The number of rotatable bonds is 5. The number of urea groups is 1. The van der Waals surface area contributed by atoms with Gasteiger partial charge in [0, 0.05) is 24.8 Å². The molecule has 1 aromatic rings. The van der Waals surface area contributed by atoms with Crippen molar-refractivity contribution < 1.29 is 18.7 Å². The molecule has 1 fully saturated rings. The van der Waals surface area contributed by atoms with E-state index in [1.165, 1.54) is 24.3 Å². The molecule has 6 nitrogen and oxygen atoms in total. The van der Waals surface area contributed by atoms with Crippen molar-refractivity contribution in [2.75, 3.05) is 25.0 Å². The zero-order valence-electron chi connectivity index (χ0n) is 13.3. The third kappa shape index (κ3) is 4.92. The van der Waals surface area contributed by atoms with Crippen molar-refractivity contribution in [2.45, 2.75) is 32.4 Å². The van der Waals surface area contributed by atoms with Crippen LogP contribution in [0.3, 0.4) is 0 Å². The molecule has 126 valence electrons. The Bertz CT molecular complexity index is 550. The number of carbonyl (C=O) groups is 2. The second-order valence-corrected chi connectivity index (χ2v) is 5.51. The van der Waals surface area contributed by atoms with Crippen LogP contribution in [0, 0.1) is 5.82 Å². The Morgan fingerprint density at radius 2 is 2.09 bits per heavy atom. The first-order chi connectivity index (χ1) is 11.0. The minimum atomic E-state index is -0.352. The van der Waals surface area contributed by atoms with Gasteiger partial charge in [-0.25, -0.2) is 9.18 Å². The van der Waals surface area contributed by atoms with Gasteiger partial charge in [-0.15, -0.1) is 0 Å². The third-order valence-corrected chi connectivity index (χ3v) is 3.83. The number of esters is 1. The average molecular weight is 323 g/mol. The lowest BCUT2D eigenvalue weighted by Crippen LogP contribution is -2.43. The minimum absolute atomic E-state index is 0.0349. The Kier molecular flexibility index (Phi) is 5.92. The van der Waals surface area contributed by atoms with E-state index in [9.17, 15) is 14.0 Å². The van der Waals surface area contributed by atoms with E-state index in [0.717, 1.165) is 13.0 Å². The quantitative estimate of drug-likeness (QED) is 0.813. The monoisotopic (exact) mass is 323 g/mol. The molecule has 2 amide bonds. The first-order valence-corrected chi connectivity index (χ1v) is 7.73. The van der Waals surface area contributed by atoms with Gasteiger partial charge in [0.05, 0.1) is 6.61 Å². The smallest absolute Gasteiger partial charge is 0.323 e. The number of amides is 2. The fourth-order valence-corrected chi connectivity index (χ4v) is 2.55. The number of hydrogen-bond donors (Lipinski definition) is 2. The van der Waals surface area contributed by atoms with Gasteiger partial charge in [-0.05, 0) is 44.5 Å². The highest BCUT2D eigenvalue weighted by molar-refractivity contribution is 5.89. The summed E-state index contributed by atoms with van der Waals surface area (Å²) in [4.78, 5) is 25.7. The summed E-state index contributed by atoms with van der Waals surface area (Å²) >= 11 is 0. The Morgan fingerprint density at radius 1 is 1.39 bits per heavy atom. The van der Waals surface area contributed by atoms with Crippen molar-refractivity contribution in [3.8, 4) is 0 Å². The van der Waals surface area contributed by atoms with Crippen LogP contribution in [0.4, 0.5) is 14.9 Å².